The van der Waals surface area contributed by atoms with Gasteiger partial charge in [0.15, 0.2) is 0 Å². The van der Waals surface area contributed by atoms with E-state index in [1.54, 1.807) is 0 Å². The molecule has 0 bridgehead atoms. The van der Waals surface area contributed by atoms with Crippen LogP contribution < -0.4 is 21.2 Å². The second-order valence-corrected chi connectivity index (χ2v) is 17.4. The summed E-state index contributed by atoms with van der Waals surface area (Å²) in [5, 5.41) is 5.95. The summed E-state index contributed by atoms with van der Waals surface area (Å²) < 4.78 is 39.0. The number of rotatable bonds is 8. The first-order valence-electron chi connectivity index (χ1n) is 17.6. The SMILES string of the molecule is C1=C\CC/C=C\CC/1.F[B-](F)(F)F.[Rh].c1ccc(CN2C[C@@H](P(c3ccccc3)c3ccccc3)[C@H](P(c3ccccc3)c3ccccc3)C2)cc1. The van der Waals surface area contributed by atoms with Crippen LogP contribution in [0, 0.1) is 0 Å². The van der Waals surface area contributed by atoms with Crippen LogP contribution in [0.5, 0.6) is 0 Å². The zero-order valence-electron chi connectivity index (χ0n) is 29.1. The van der Waals surface area contributed by atoms with Gasteiger partial charge in [-0.2, -0.15) is 0 Å². The standard InChI is InChI=1S/C35H33NP2.C8H12.BF4.Rh/c1-6-16-29(17-7-1)26-36-27-34(37(30-18-8-2-9-19-30)31-20-10-3-11-21-31)35(28-36)38(32-22-12-4-13-23-32)33-24-14-5-15-25-33;1-2-4-6-8-7-5-3-1;2-1(3,4)5;/h1-25,34-35H,26-28H2;1-2,7-8H,3-6H2;;/q;;-1;/b;2-1-,8-7-;;/t34-,35-;;;/m1.../s1. The summed E-state index contributed by atoms with van der Waals surface area (Å²) in [7, 11) is -7.06. The average molecular weight is 827 g/mol. The largest absolute Gasteiger partial charge is 0.673 e. The van der Waals surface area contributed by atoms with Crippen LogP contribution in [0.25, 0.3) is 0 Å². The number of allylic oxidation sites excluding steroid dienone is 4. The smallest absolute Gasteiger partial charge is 0.418 e. The van der Waals surface area contributed by atoms with Crippen molar-refractivity contribution in [3.8, 4) is 0 Å². The van der Waals surface area contributed by atoms with Crippen molar-refractivity contribution in [3.63, 3.8) is 0 Å². The van der Waals surface area contributed by atoms with Crippen molar-refractivity contribution in [2.24, 2.45) is 0 Å². The Morgan fingerprint density at radius 1 is 0.442 bits per heavy atom. The number of hydrogen-bond acceptors (Lipinski definition) is 1. The van der Waals surface area contributed by atoms with Gasteiger partial charge in [-0.25, -0.2) is 0 Å². The van der Waals surface area contributed by atoms with E-state index in [1.165, 1.54) is 52.5 Å². The van der Waals surface area contributed by atoms with Crippen LogP contribution in [0.3, 0.4) is 0 Å². The van der Waals surface area contributed by atoms with E-state index in [-0.39, 0.29) is 19.5 Å². The number of nitrogens with zero attached hydrogens (tertiary/aromatic N) is 1. The minimum atomic E-state index is -6.00. The molecule has 2 atom stereocenters. The van der Waals surface area contributed by atoms with Crippen molar-refractivity contribution < 1.29 is 36.7 Å². The average Bonchev–Trinajstić information content (AvgIpc) is 3.52. The molecule has 0 unspecified atom stereocenters. The van der Waals surface area contributed by atoms with Crippen molar-refractivity contribution in [2.75, 3.05) is 13.1 Å². The van der Waals surface area contributed by atoms with Gasteiger partial charge in [0.1, 0.15) is 0 Å². The number of halogens is 4. The summed E-state index contributed by atoms with van der Waals surface area (Å²) >= 11 is 0. The summed E-state index contributed by atoms with van der Waals surface area (Å²) in [6.45, 7) is 3.24. The molecule has 0 amide bonds. The zero-order chi connectivity index (χ0) is 35.7. The third kappa shape index (κ3) is 13.7. The Bertz CT molecular complexity index is 1550. The minimum Gasteiger partial charge on any atom is -0.418 e. The van der Waals surface area contributed by atoms with Gasteiger partial charge in [0.2, 0.25) is 0 Å². The molecule has 2 aliphatic rings. The number of likely N-dealkylation sites (tertiary alicyclic amines) is 1. The molecule has 0 saturated carbocycles. The Labute approximate surface area is 322 Å². The maximum Gasteiger partial charge on any atom is 0.673 e. The van der Waals surface area contributed by atoms with E-state index < -0.39 is 23.1 Å². The van der Waals surface area contributed by atoms with E-state index >= 15 is 0 Å². The van der Waals surface area contributed by atoms with E-state index in [0.717, 1.165) is 19.6 Å². The van der Waals surface area contributed by atoms with Crippen molar-refractivity contribution in [2.45, 2.75) is 43.5 Å². The van der Waals surface area contributed by atoms with E-state index in [9.17, 15) is 17.3 Å². The molecule has 5 aromatic carbocycles. The second-order valence-electron chi connectivity index (χ2n) is 12.5. The molecule has 0 spiro atoms. The first-order valence-corrected chi connectivity index (χ1v) is 20.4. The normalized spacial score (nSPS) is 18.4. The maximum absolute atomic E-state index is 9.75. The zero-order valence-corrected chi connectivity index (χ0v) is 32.5. The summed E-state index contributed by atoms with van der Waals surface area (Å²) in [6, 6.07) is 56.3. The maximum atomic E-state index is 9.75. The summed E-state index contributed by atoms with van der Waals surface area (Å²) in [5.74, 6) is 0. The molecule has 1 aliphatic heterocycles. The van der Waals surface area contributed by atoms with Gasteiger partial charge in [-0.15, -0.1) is 0 Å². The van der Waals surface area contributed by atoms with Crippen LogP contribution >= 0.6 is 15.8 Å². The molecule has 0 aromatic heterocycles. The van der Waals surface area contributed by atoms with Crippen LogP contribution in [-0.2, 0) is 26.0 Å². The first kappa shape index (κ1) is 41.6. The third-order valence-electron chi connectivity index (χ3n) is 8.72. The van der Waals surface area contributed by atoms with Gasteiger partial charge in [-0.05, 0) is 68.3 Å². The van der Waals surface area contributed by atoms with Gasteiger partial charge in [-0.1, -0.05) is 176 Å². The molecule has 1 aliphatic carbocycles. The fourth-order valence-electron chi connectivity index (χ4n) is 6.60. The molecule has 1 fully saturated rings. The predicted molar refractivity (Wildman–Crippen MR) is 214 cm³/mol. The van der Waals surface area contributed by atoms with E-state index in [0.29, 0.717) is 11.3 Å². The van der Waals surface area contributed by atoms with Crippen molar-refractivity contribution in [1.82, 2.24) is 4.90 Å². The molecular weight excluding hydrogens is 782 g/mol. The van der Waals surface area contributed by atoms with Gasteiger partial charge in [0.05, 0.1) is 0 Å². The Morgan fingerprint density at radius 3 is 0.962 bits per heavy atom. The molecule has 1 saturated heterocycles. The van der Waals surface area contributed by atoms with Gasteiger partial charge in [0, 0.05) is 50.4 Å². The van der Waals surface area contributed by atoms with Gasteiger partial charge in [0.25, 0.3) is 0 Å². The molecule has 7 rings (SSSR count). The van der Waals surface area contributed by atoms with Crippen LogP contribution in [0.1, 0.15) is 31.2 Å². The molecular formula is C43H45BF4NP2Rh-. The topological polar surface area (TPSA) is 3.24 Å². The molecule has 1 nitrogen and oxygen atoms in total. The fourth-order valence-corrected chi connectivity index (χ4v) is 13.2. The van der Waals surface area contributed by atoms with Gasteiger partial charge < -0.3 is 17.3 Å². The molecule has 52 heavy (non-hydrogen) atoms. The van der Waals surface area contributed by atoms with E-state index in [4.69, 9.17) is 0 Å². The van der Waals surface area contributed by atoms with Crippen molar-refractivity contribution in [3.05, 3.63) is 182 Å². The second kappa shape index (κ2) is 22.1. The molecule has 273 valence electrons. The Morgan fingerprint density at radius 2 is 0.692 bits per heavy atom. The summed E-state index contributed by atoms with van der Waals surface area (Å²) in [4.78, 5) is 2.73. The molecule has 5 aromatic rings. The van der Waals surface area contributed by atoms with Crippen LogP contribution in [0.2, 0.25) is 0 Å². The van der Waals surface area contributed by atoms with Crippen LogP contribution in [-0.4, -0.2) is 36.6 Å². The van der Waals surface area contributed by atoms with Crippen molar-refractivity contribution >= 4 is 44.3 Å². The monoisotopic (exact) mass is 827 g/mol. The minimum absolute atomic E-state index is 0. The van der Waals surface area contributed by atoms with Crippen LogP contribution in [0.4, 0.5) is 17.3 Å². The van der Waals surface area contributed by atoms with Crippen LogP contribution in [0.15, 0.2) is 176 Å². The molecule has 1 heterocycles. The van der Waals surface area contributed by atoms with Gasteiger partial charge in [-0.3, -0.25) is 4.90 Å². The Hall–Kier alpha value is -3.19. The summed E-state index contributed by atoms with van der Waals surface area (Å²) in [5.41, 5.74) is 2.52. The van der Waals surface area contributed by atoms with E-state index in [2.05, 4.69) is 181 Å². The summed E-state index contributed by atoms with van der Waals surface area (Å²) in [6.07, 6.45) is 14.0. The fraction of sp³-hybridized carbons (Fsp3) is 0.209. The molecule has 1 radical (unpaired) electrons. The number of hydrogen-bond donors (Lipinski definition) is 0. The Kier molecular flexibility index (Phi) is 17.7. The Balaban J connectivity index is 0.000000367. The first-order chi connectivity index (χ1) is 24.9. The predicted octanol–water partition coefficient (Wildman–Crippen LogP) is 10.5. The third-order valence-corrected chi connectivity index (χ3v) is 14.7. The quantitative estimate of drug-likeness (QED) is 0.0652. The molecule has 9 heteroatoms. The van der Waals surface area contributed by atoms with E-state index in [1.807, 2.05) is 0 Å². The number of benzene rings is 5. The molecule has 0 N–H and O–H groups in total. The van der Waals surface area contributed by atoms with Crippen molar-refractivity contribution in [1.29, 1.82) is 0 Å². The van der Waals surface area contributed by atoms with Gasteiger partial charge >= 0.3 is 7.25 Å².